The van der Waals surface area contributed by atoms with Crippen LogP contribution in [-0.4, -0.2) is 52.4 Å². The minimum absolute atomic E-state index is 0.192. The summed E-state index contributed by atoms with van der Waals surface area (Å²) in [5.41, 5.74) is -1.16. The molecule has 0 rings (SSSR count). The molecule has 0 aromatic rings. The zero-order valence-electron chi connectivity index (χ0n) is 21.0. The predicted octanol–water partition coefficient (Wildman–Crippen LogP) is 5.00. The molecule has 0 radical (unpaired) electrons. The van der Waals surface area contributed by atoms with Gasteiger partial charge in [-0.1, -0.05) is 77.4 Å². The number of ether oxygens (including phenoxy) is 1. The summed E-state index contributed by atoms with van der Waals surface area (Å²) in [5, 5.41) is 32.4. The number of nitrogens with one attached hydrogen (secondary N) is 1. The van der Waals surface area contributed by atoms with E-state index < -0.39 is 30.5 Å². The summed E-state index contributed by atoms with van der Waals surface area (Å²) in [6.07, 6.45) is 18.7. The van der Waals surface area contributed by atoms with Crippen molar-refractivity contribution >= 4 is 5.97 Å². The molecule has 3 atom stereocenters. The molecule has 0 saturated heterocycles. The van der Waals surface area contributed by atoms with E-state index in [-0.39, 0.29) is 13.0 Å². The number of β-amino-alcohol motifs (C(OH)–C–C–N with tert-alkyl or cyclic N) is 1. The lowest BCUT2D eigenvalue weighted by Crippen LogP contribution is -2.59. The molecule has 0 aromatic heterocycles. The van der Waals surface area contributed by atoms with Gasteiger partial charge in [0.1, 0.15) is 5.54 Å². The van der Waals surface area contributed by atoms with Gasteiger partial charge in [-0.3, -0.25) is 4.79 Å². The molecule has 0 saturated carbocycles. The van der Waals surface area contributed by atoms with E-state index in [1.807, 2.05) is 0 Å². The van der Waals surface area contributed by atoms with Gasteiger partial charge < -0.3 is 25.4 Å². The highest BCUT2D eigenvalue weighted by Crippen LogP contribution is 2.18. The van der Waals surface area contributed by atoms with Crippen LogP contribution in [0.25, 0.3) is 0 Å². The van der Waals surface area contributed by atoms with Crippen molar-refractivity contribution < 1.29 is 24.9 Å². The summed E-state index contributed by atoms with van der Waals surface area (Å²) >= 11 is 0. The van der Waals surface area contributed by atoms with Crippen LogP contribution >= 0.6 is 0 Å². The Kier molecular flexibility index (Phi) is 20.0. The van der Waals surface area contributed by atoms with Gasteiger partial charge in [-0.15, -0.1) is 0 Å². The Balaban J connectivity index is 3.79. The Morgan fingerprint density at radius 3 is 1.94 bits per heavy atom. The molecule has 32 heavy (non-hydrogen) atoms. The van der Waals surface area contributed by atoms with Crippen LogP contribution in [0, 0.1) is 0 Å². The number of carbonyl (C=O) groups is 1. The van der Waals surface area contributed by atoms with Gasteiger partial charge in [0.15, 0.2) is 0 Å². The number of unbranched alkanes of at least 4 members (excludes halogenated alkanes) is 11. The average molecular weight is 458 g/mol. The minimum Gasteiger partial charge on any atom is -0.434 e. The summed E-state index contributed by atoms with van der Waals surface area (Å²) in [4.78, 5) is 12.1. The monoisotopic (exact) mass is 457 g/mol. The largest absolute Gasteiger partial charge is 0.434 e. The van der Waals surface area contributed by atoms with Crippen molar-refractivity contribution in [2.75, 3.05) is 13.2 Å². The summed E-state index contributed by atoms with van der Waals surface area (Å²) in [6, 6.07) is 0. The Morgan fingerprint density at radius 2 is 1.44 bits per heavy atom. The maximum atomic E-state index is 12.1. The fourth-order valence-electron chi connectivity index (χ4n) is 3.62. The molecule has 0 aliphatic carbocycles. The van der Waals surface area contributed by atoms with Gasteiger partial charge in [-0.05, 0) is 45.4 Å². The summed E-state index contributed by atoms with van der Waals surface area (Å²) in [7, 11) is 0. The fraction of sp³-hybridized carbons (Fsp3) is 0.885. The number of aliphatic hydroxyl groups excluding tert-OH is 3. The smallest absolute Gasteiger partial charge is 0.308 e. The van der Waals surface area contributed by atoms with Crippen LogP contribution in [0.15, 0.2) is 12.2 Å². The molecule has 0 bridgehead atoms. The Labute approximate surface area is 196 Å². The highest BCUT2D eigenvalue weighted by molar-refractivity contribution is 5.69. The second-order valence-corrected chi connectivity index (χ2v) is 9.07. The molecule has 6 nitrogen and oxygen atoms in total. The third-order valence-electron chi connectivity index (χ3n) is 6.02. The second-order valence-electron chi connectivity index (χ2n) is 9.07. The van der Waals surface area contributed by atoms with Crippen molar-refractivity contribution in [2.45, 2.75) is 135 Å². The molecular formula is C26H51NO5. The molecular weight excluding hydrogens is 406 g/mol. The van der Waals surface area contributed by atoms with E-state index in [4.69, 9.17) is 4.74 Å². The topological polar surface area (TPSA) is 99.0 Å². The molecule has 0 fully saturated rings. The van der Waals surface area contributed by atoms with Gasteiger partial charge in [-0.25, -0.2) is 0 Å². The van der Waals surface area contributed by atoms with Gasteiger partial charge in [0, 0.05) is 13.0 Å². The van der Waals surface area contributed by atoms with Gasteiger partial charge >= 0.3 is 5.97 Å². The number of rotatable bonds is 22. The number of aliphatic hydroxyl groups is 3. The summed E-state index contributed by atoms with van der Waals surface area (Å²) in [5.74, 6) is -0.458. The molecule has 0 aliphatic heterocycles. The molecule has 0 aliphatic rings. The first kappa shape index (κ1) is 31.0. The molecule has 4 N–H and O–H groups in total. The third-order valence-corrected chi connectivity index (χ3v) is 6.02. The molecule has 0 amide bonds. The molecule has 190 valence electrons. The van der Waals surface area contributed by atoms with Crippen molar-refractivity contribution in [3.05, 3.63) is 12.2 Å². The van der Waals surface area contributed by atoms with Crippen LogP contribution in [0.1, 0.15) is 117 Å². The zero-order chi connectivity index (χ0) is 24.1. The number of esters is 1. The van der Waals surface area contributed by atoms with E-state index in [2.05, 4.69) is 24.4 Å². The van der Waals surface area contributed by atoms with E-state index in [1.54, 1.807) is 13.8 Å². The number of hydrogen-bond donors (Lipinski definition) is 4. The normalized spacial score (nSPS) is 15.6. The minimum atomic E-state index is -1.45. The molecule has 0 heterocycles. The second kappa shape index (κ2) is 20.6. The summed E-state index contributed by atoms with van der Waals surface area (Å²) < 4.78 is 5.15. The first-order chi connectivity index (χ1) is 15.4. The maximum Gasteiger partial charge on any atom is 0.308 e. The van der Waals surface area contributed by atoms with Crippen LogP contribution in [-0.2, 0) is 9.53 Å². The first-order valence-corrected chi connectivity index (χ1v) is 13.0. The third kappa shape index (κ3) is 15.8. The highest BCUT2D eigenvalue weighted by atomic mass is 16.6. The van der Waals surface area contributed by atoms with Crippen molar-refractivity contribution in [2.24, 2.45) is 0 Å². The van der Waals surface area contributed by atoms with Crippen molar-refractivity contribution in [3.63, 3.8) is 0 Å². The Morgan fingerprint density at radius 1 is 0.906 bits per heavy atom. The van der Waals surface area contributed by atoms with Crippen molar-refractivity contribution in [1.29, 1.82) is 0 Å². The summed E-state index contributed by atoms with van der Waals surface area (Å²) in [6.45, 7) is 5.44. The van der Waals surface area contributed by atoms with E-state index in [0.717, 1.165) is 32.1 Å². The zero-order valence-corrected chi connectivity index (χ0v) is 21.0. The first-order valence-electron chi connectivity index (χ1n) is 13.0. The number of carbonyl (C=O) groups excluding carboxylic acids is 1. The Bertz CT molecular complexity index is 463. The van der Waals surface area contributed by atoms with E-state index in [0.29, 0.717) is 6.42 Å². The van der Waals surface area contributed by atoms with Crippen molar-refractivity contribution in [1.82, 2.24) is 5.32 Å². The lowest BCUT2D eigenvalue weighted by atomic mass is 9.96. The molecule has 0 spiro atoms. The van der Waals surface area contributed by atoms with E-state index in [1.165, 1.54) is 51.4 Å². The van der Waals surface area contributed by atoms with Crippen LogP contribution in [0.4, 0.5) is 0 Å². The van der Waals surface area contributed by atoms with Crippen LogP contribution in [0.2, 0.25) is 0 Å². The molecule has 3 unspecified atom stereocenters. The average Bonchev–Trinajstić information content (AvgIpc) is 2.77. The highest BCUT2D eigenvalue weighted by Gasteiger charge is 2.38. The fourth-order valence-corrected chi connectivity index (χ4v) is 3.62. The number of hydrogen-bond acceptors (Lipinski definition) is 6. The standard InChI is InChI=1S/C26H51NO5/c1-4-6-7-8-9-10-11-12-13-14-15-16-17-18-19-20-24(30)32-25(31)26(5-2,22-28)27-21-23(3)29/h12-13,23,25,27-29,31H,4-11,14-22H2,1-3H3. The van der Waals surface area contributed by atoms with Gasteiger partial charge in [0.25, 0.3) is 0 Å². The van der Waals surface area contributed by atoms with E-state index in [9.17, 15) is 20.1 Å². The van der Waals surface area contributed by atoms with Crippen LogP contribution in [0.3, 0.4) is 0 Å². The molecule has 6 heteroatoms. The SMILES string of the molecule is CCCCCCCCC=CCCCCCCCC(=O)OC(O)C(CC)(CO)NCC(C)O. The van der Waals surface area contributed by atoms with Gasteiger partial charge in [0.2, 0.25) is 6.29 Å². The lowest BCUT2D eigenvalue weighted by molar-refractivity contribution is -0.188. The van der Waals surface area contributed by atoms with E-state index >= 15 is 0 Å². The van der Waals surface area contributed by atoms with Crippen LogP contribution in [0.5, 0.6) is 0 Å². The quantitative estimate of drug-likeness (QED) is 0.0790. The molecule has 0 aromatic carbocycles. The number of allylic oxidation sites excluding steroid dienone is 2. The van der Waals surface area contributed by atoms with Gasteiger partial charge in [0.05, 0.1) is 12.7 Å². The van der Waals surface area contributed by atoms with Gasteiger partial charge in [-0.2, -0.15) is 0 Å². The maximum absolute atomic E-state index is 12.1. The van der Waals surface area contributed by atoms with Crippen LogP contribution < -0.4 is 5.32 Å². The Hall–Kier alpha value is -0.950. The van der Waals surface area contributed by atoms with Crippen molar-refractivity contribution in [3.8, 4) is 0 Å². The lowest BCUT2D eigenvalue weighted by Gasteiger charge is -2.36. The predicted molar refractivity (Wildman–Crippen MR) is 131 cm³/mol.